The maximum Gasteiger partial charge on any atom is 0.318 e. The van der Waals surface area contributed by atoms with Crippen molar-refractivity contribution in [1.29, 1.82) is 0 Å². The Labute approximate surface area is 115 Å². The number of alkyl halides is 2. The zero-order valence-corrected chi connectivity index (χ0v) is 11.1. The Morgan fingerprint density at radius 2 is 2.35 bits per heavy atom. The number of nitrogens with zero attached hydrogens (tertiary/aromatic N) is 2. The first-order valence-corrected chi connectivity index (χ1v) is 7.01. The second-order valence-corrected chi connectivity index (χ2v) is 5.50. The van der Waals surface area contributed by atoms with Crippen LogP contribution < -0.4 is 5.32 Å². The van der Waals surface area contributed by atoms with E-state index in [-0.39, 0.29) is 12.1 Å². The van der Waals surface area contributed by atoms with E-state index in [1.54, 1.807) is 6.20 Å². The van der Waals surface area contributed by atoms with Gasteiger partial charge in [0.2, 0.25) is 0 Å². The fraction of sp³-hybridized carbons (Fsp3) is 0.692. The van der Waals surface area contributed by atoms with Gasteiger partial charge in [0.15, 0.2) is 0 Å². The van der Waals surface area contributed by atoms with Gasteiger partial charge in [-0.25, -0.2) is 13.6 Å². The van der Waals surface area contributed by atoms with Crippen LogP contribution in [-0.4, -0.2) is 46.2 Å². The van der Waals surface area contributed by atoms with E-state index in [1.165, 1.54) is 4.90 Å². The van der Waals surface area contributed by atoms with Crippen molar-refractivity contribution in [2.75, 3.05) is 6.54 Å². The molecule has 110 valence electrons. The van der Waals surface area contributed by atoms with Gasteiger partial charge in [0.1, 0.15) is 0 Å². The van der Waals surface area contributed by atoms with Crippen LogP contribution in [0.2, 0.25) is 0 Å². The number of aryl methyl sites for hydroxylation is 1. The fourth-order valence-corrected chi connectivity index (χ4v) is 3.10. The Kier molecular flexibility index (Phi) is 3.58. The fourth-order valence-electron chi connectivity index (χ4n) is 3.10. The number of urea groups is 1. The molecule has 1 fully saturated rings. The molecule has 0 aromatic carbocycles. The Morgan fingerprint density at radius 1 is 1.50 bits per heavy atom. The zero-order chi connectivity index (χ0) is 14.1. The SMILES string of the molecule is O=C(NC1CCc2[nH]ncc2C1)N1CCC[C@H]1C(F)F. The summed E-state index contributed by atoms with van der Waals surface area (Å²) >= 11 is 0. The summed E-state index contributed by atoms with van der Waals surface area (Å²) in [4.78, 5) is 13.4. The number of rotatable bonds is 2. The minimum absolute atomic E-state index is 0.00604. The third-order valence-electron chi connectivity index (χ3n) is 4.20. The molecule has 5 nitrogen and oxygen atoms in total. The molecule has 0 saturated carbocycles. The number of H-pyrrole nitrogens is 1. The minimum Gasteiger partial charge on any atom is -0.335 e. The van der Waals surface area contributed by atoms with Gasteiger partial charge in [0, 0.05) is 18.3 Å². The smallest absolute Gasteiger partial charge is 0.318 e. The highest BCUT2D eigenvalue weighted by atomic mass is 19.3. The van der Waals surface area contributed by atoms with E-state index >= 15 is 0 Å². The molecule has 1 aromatic heterocycles. The number of amides is 2. The standard InChI is InChI=1S/C13H18F2N4O/c14-12(15)11-2-1-5-19(11)13(20)17-9-3-4-10-8(6-9)7-16-18-10/h7,9,11-12H,1-6H2,(H,16,18)(H,17,20)/t9?,11-/m0/s1. The number of aromatic amines is 1. The van der Waals surface area contributed by atoms with E-state index in [9.17, 15) is 13.6 Å². The molecule has 0 radical (unpaired) electrons. The highest BCUT2D eigenvalue weighted by molar-refractivity contribution is 5.75. The van der Waals surface area contributed by atoms with Crippen molar-refractivity contribution in [3.63, 3.8) is 0 Å². The van der Waals surface area contributed by atoms with Crippen molar-refractivity contribution in [2.24, 2.45) is 0 Å². The predicted octanol–water partition coefficient (Wildman–Crippen LogP) is 1.71. The summed E-state index contributed by atoms with van der Waals surface area (Å²) in [6, 6.07) is -1.28. The molecule has 2 aliphatic rings. The van der Waals surface area contributed by atoms with Crippen molar-refractivity contribution in [1.82, 2.24) is 20.4 Å². The zero-order valence-electron chi connectivity index (χ0n) is 11.1. The maximum absolute atomic E-state index is 12.9. The Hall–Kier alpha value is -1.66. The van der Waals surface area contributed by atoms with E-state index in [2.05, 4.69) is 15.5 Å². The molecule has 2 N–H and O–H groups in total. The molecule has 0 bridgehead atoms. The first-order chi connectivity index (χ1) is 9.65. The topological polar surface area (TPSA) is 61.0 Å². The van der Waals surface area contributed by atoms with Gasteiger partial charge in [0.05, 0.1) is 12.2 Å². The van der Waals surface area contributed by atoms with Crippen molar-refractivity contribution < 1.29 is 13.6 Å². The normalized spacial score (nSPS) is 25.9. The molecular formula is C13H18F2N4O. The van der Waals surface area contributed by atoms with Crippen LogP contribution in [0.3, 0.4) is 0 Å². The first-order valence-electron chi connectivity index (χ1n) is 7.01. The van der Waals surface area contributed by atoms with Gasteiger partial charge in [-0.1, -0.05) is 0 Å². The van der Waals surface area contributed by atoms with Gasteiger partial charge < -0.3 is 10.2 Å². The second-order valence-electron chi connectivity index (χ2n) is 5.50. The Morgan fingerprint density at radius 3 is 3.15 bits per heavy atom. The van der Waals surface area contributed by atoms with Crippen LogP contribution >= 0.6 is 0 Å². The number of carbonyl (C=O) groups is 1. The van der Waals surface area contributed by atoms with E-state index in [1.807, 2.05) is 0 Å². The first kappa shape index (κ1) is 13.3. The number of hydrogen-bond acceptors (Lipinski definition) is 2. The lowest BCUT2D eigenvalue weighted by molar-refractivity contribution is 0.0599. The number of halogens is 2. The van der Waals surface area contributed by atoms with Crippen molar-refractivity contribution in [3.8, 4) is 0 Å². The minimum atomic E-state index is -2.46. The van der Waals surface area contributed by atoms with Crippen LogP contribution in [0, 0.1) is 0 Å². The van der Waals surface area contributed by atoms with Gasteiger partial charge in [0.25, 0.3) is 6.43 Å². The molecule has 2 atom stereocenters. The molecule has 7 heteroatoms. The third-order valence-corrected chi connectivity index (χ3v) is 4.20. The van der Waals surface area contributed by atoms with Crippen molar-refractivity contribution in [3.05, 3.63) is 17.5 Å². The molecule has 1 aliphatic carbocycles. The number of likely N-dealkylation sites (tertiary alicyclic amines) is 1. The highest BCUT2D eigenvalue weighted by Crippen LogP contribution is 2.24. The number of hydrogen-bond donors (Lipinski definition) is 2. The van der Waals surface area contributed by atoms with Crippen molar-refractivity contribution in [2.45, 2.75) is 50.6 Å². The lowest BCUT2D eigenvalue weighted by Gasteiger charge is -2.29. The summed E-state index contributed by atoms with van der Waals surface area (Å²) in [6.07, 6.45) is 2.71. The summed E-state index contributed by atoms with van der Waals surface area (Å²) in [5, 5.41) is 9.81. The summed E-state index contributed by atoms with van der Waals surface area (Å²) in [6.45, 7) is 0.421. The molecule has 3 rings (SSSR count). The van der Waals surface area contributed by atoms with Gasteiger partial charge in [-0.15, -0.1) is 0 Å². The molecule has 2 amide bonds. The third kappa shape index (κ3) is 2.48. The lowest BCUT2D eigenvalue weighted by Crippen LogP contribution is -2.50. The van der Waals surface area contributed by atoms with Crippen LogP contribution in [0.1, 0.15) is 30.5 Å². The average Bonchev–Trinajstić information content (AvgIpc) is 3.06. The van der Waals surface area contributed by atoms with E-state index in [0.29, 0.717) is 25.8 Å². The van der Waals surface area contributed by atoms with Gasteiger partial charge in [-0.2, -0.15) is 5.10 Å². The molecule has 20 heavy (non-hydrogen) atoms. The van der Waals surface area contributed by atoms with Crippen molar-refractivity contribution >= 4 is 6.03 Å². The number of aromatic nitrogens is 2. The molecule has 1 saturated heterocycles. The molecule has 1 aliphatic heterocycles. The Bertz CT molecular complexity index is 490. The summed E-state index contributed by atoms with van der Waals surface area (Å²) in [7, 11) is 0. The van der Waals surface area contributed by atoms with Crippen LogP contribution in [0.25, 0.3) is 0 Å². The van der Waals surface area contributed by atoms with Crippen LogP contribution in [0.15, 0.2) is 6.20 Å². The molecule has 1 unspecified atom stereocenters. The average molecular weight is 284 g/mol. The summed E-state index contributed by atoms with van der Waals surface area (Å²) in [5.74, 6) is 0. The van der Waals surface area contributed by atoms with E-state index < -0.39 is 12.5 Å². The maximum atomic E-state index is 12.9. The summed E-state index contributed by atoms with van der Waals surface area (Å²) in [5.41, 5.74) is 2.22. The second kappa shape index (κ2) is 5.38. The van der Waals surface area contributed by atoms with Crippen LogP contribution in [0.4, 0.5) is 13.6 Å². The number of carbonyl (C=O) groups excluding carboxylic acids is 1. The quantitative estimate of drug-likeness (QED) is 0.868. The Balaban J connectivity index is 1.60. The van der Waals surface area contributed by atoms with Crippen LogP contribution in [-0.2, 0) is 12.8 Å². The van der Waals surface area contributed by atoms with E-state index in [0.717, 1.165) is 24.1 Å². The monoisotopic (exact) mass is 284 g/mol. The predicted molar refractivity (Wildman–Crippen MR) is 68.7 cm³/mol. The molecule has 2 heterocycles. The van der Waals surface area contributed by atoms with Crippen LogP contribution in [0.5, 0.6) is 0 Å². The highest BCUT2D eigenvalue weighted by Gasteiger charge is 2.36. The number of nitrogens with one attached hydrogen (secondary N) is 2. The largest absolute Gasteiger partial charge is 0.335 e. The summed E-state index contributed by atoms with van der Waals surface area (Å²) < 4.78 is 25.7. The van der Waals surface area contributed by atoms with Gasteiger partial charge in [-0.3, -0.25) is 5.10 Å². The van der Waals surface area contributed by atoms with Gasteiger partial charge in [-0.05, 0) is 37.7 Å². The van der Waals surface area contributed by atoms with E-state index in [4.69, 9.17) is 0 Å². The molecule has 0 spiro atoms. The van der Waals surface area contributed by atoms with Gasteiger partial charge >= 0.3 is 6.03 Å². The molecule has 1 aromatic rings. The number of fused-ring (bicyclic) bond motifs is 1. The lowest BCUT2D eigenvalue weighted by atomic mass is 9.94. The molecular weight excluding hydrogens is 266 g/mol.